The third kappa shape index (κ3) is 4.19. The predicted molar refractivity (Wildman–Crippen MR) is 122 cm³/mol. The topological polar surface area (TPSA) is 113 Å². The molecule has 0 spiro atoms. The van der Waals surface area contributed by atoms with E-state index in [4.69, 9.17) is 20.9 Å². The summed E-state index contributed by atoms with van der Waals surface area (Å²) in [5.41, 5.74) is 15.5. The van der Waals surface area contributed by atoms with Crippen LogP contribution in [-0.2, 0) is 9.47 Å². The third-order valence-electron chi connectivity index (χ3n) is 6.16. The van der Waals surface area contributed by atoms with Crippen molar-refractivity contribution in [1.82, 2.24) is 9.42 Å². The highest BCUT2D eigenvalue weighted by atomic mass is 16.6. The number of nitrogens with two attached hydrogens (primary N) is 2. The highest BCUT2D eigenvalue weighted by Crippen LogP contribution is 2.35. The summed E-state index contributed by atoms with van der Waals surface area (Å²) in [4.78, 5) is 17.0. The largest absolute Gasteiger partial charge is 0.483 e. The predicted octanol–water partition coefficient (Wildman–Crippen LogP) is 1.95. The Morgan fingerprint density at radius 1 is 1.31 bits per heavy atom. The lowest BCUT2D eigenvalue weighted by atomic mass is 10.1. The van der Waals surface area contributed by atoms with Gasteiger partial charge in [0.15, 0.2) is 12.1 Å². The van der Waals surface area contributed by atoms with Crippen molar-refractivity contribution in [3.8, 4) is 0 Å². The van der Waals surface area contributed by atoms with Crippen LogP contribution in [0.2, 0.25) is 0 Å². The molecule has 2 aliphatic rings. The number of methoxy groups -OCH3 is 1. The molecular formula is C23H33N6O3+. The molecule has 0 aromatic carbocycles. The second-order valence-electron chi connectivity index (χ2n) is 8.87. The number of aromatic nitrogens is 2. The minimum absolute atomic E-state index is 0.163. The van der Waals surface area contributed by atoms with Crippen LogP contribution in [0.25, 0.3) is 11.1 Å². The number of anilines is 1. The first-order chi connectivity index (χ1) is 15.4. The molecule has 0 aliphatic carbocycles. The number of carbonyl (C=O) groups excluding carboxylic acids is 1. The first kappa shape index (κ1) is 21.9. The van der Waals surface area contributed by atoms with Crippen molar-refractivity contribution in [2.24, 2.45) is 17.4 Å². The van der Waals surface area contributed by atoms with E-state index in [-0.39, 0.29) is 18.2 Å². The van der Waals surface area contributed by atoms with Gasteiger partial charge in [0.05, 0.1) is 37.7 Å². The minimum atomic E-state index is -0.178. The Hall–Kier alpha value is -3.36. The minimum Gasteiger partial charge on any atom is -0.483 e. The van der Waals surface area contributed by atoms with Gasteiger partial charge in [0.1, 0.15) is 5.52 Å². The molecule has 2 atom stereocenters. The highest BCUT2D eigenvalue weighted by Gasteiger charge is 2.44. The molecule has 4 heterocycles. The van der Waals surface area contributed by atoms with E-state index in [0.717, 1.165) is 48.3 Å². The molecule has 1 amide bonds. The van der Waals surface area contributed by atoms with Crippen LogP contribution < -0.4 is 21.5 Å². The van der Waals surface area contributed by atoms with Gasteiger partial charge < -0.3 is 25.8 Å². The van der Waals surface area contributed by atoms with E-state index < -0.39 is 0 Å². The van der Waals surface area contributed by atoms with Gasteiger partial charge >= 0.3 is 6.09 Å². The number of rotatable bonds is 6. The average molecular weight is 442 g/mol. The molecule has 5 N–H and O–H groups in total. The number of aromatic amines is 1. The zero-order chi connectivity index (χ0) is 22.8. The number of amides is 1. The Balaban J connectivity index is 1.58. The number of fused-ring (bicyclic) bond motifs is 3. The molecule has 0 saturated carbocycles. The number of hydrogen-bond acceptors (Lipinski definition) is 6. The van der Waals surface area contributed by atoms with Gasteiger partial charge in [-0.25, -0.2) is 4.79 Å². The van der Waals surface area contributed by atoms with Gasteiger partial charge in [0.2, 0.25) is 0 Å². The zero-order valence-electron chi connectivity index (χ0n) is 19.0. The fraction of sp³-hybridized carbons (Fsp3) is 0.478. The van der Waals surface area contributed by atoms with Crippen molar-refractivity contribution in [3.05, 3.63) is 48.2 Å². The Morgan fingerprint density at radius 2 is 2.03 bits per heavy atom. The van der Waals surface area contributed by atoms with Gasteiger partial charge in [-0.15, -0.1) is 9.61 Å². The number of hydrogen-bond donors (Lipinski definition) is 2. The summed E-state index contributed by atoms with van der Waals surface area (Å²) >= 11 is 0. The molecule has 9 nitrogen and oxygen atoms in total. The van der Waals surface area contributed by atoms with Gasteiger partial charge in [0.25, 0.3) is 0 Å². The number of carbonyl (C=O) groups is 1. The van der Waals surface area contributed by atoms with Crippen LogP contribution in [0.3, 0.4) is 0 Å². The van der Waals surface area contributed by atoms with E-state index in [1.807, 2.05) is 35.7 Å². The Morgan fingerprint density at radius 3 is 2.66 bits per heavy atom. The maximum Gasteiger partial charge on any atom is 0.410 e. The first-order valence-corrected chi connectivity index (χ1v) is 11.1. The molecule has 2 saturated heterocycles. The Kier molecular flexibility index (Phi) is 6.16. The Labute approximate surface area is 188 Å². The molecule has 2 aliphatic heterocycles. The lowest BCUT2D eigenvalue weighted by Gasteiger charge is -2.41. The standard InChI is InChI=1S/C23H32N6O3/c1-15(2)14-32-23(30)29-18-4-5-19(29)13-27(12-18)20-6-7-26-28-11-17(8-21(20)28)16(10-24)9-22(25)31-3/h6-11,15,18-19H,4-5,12-14,24-25H2,1-3H3/p+1/b16-10+,22-9+. The molecule has 2 bridgehead atoms. The first-order valence-electron chi connectivity index (χ1n) is 11.1. The SMILES string of the molecule is CO/C(N)=C/C(=C\N)c1cc2c(N3CC4CCC(C3)N4C(=O)OCC(C)C)cc[nH+]n2c1. The van der Waals surface area contributed by atoms with Gasteiger partial charge in [-0.1, -0.05) is 13.8 Å². The van der Waals surface area contributed by atoms with Gasteiger partial charge in [-0.3, -0.25) is 4.90 Å². The third-order valence-corrected chi connectivity index (χ3v) is 6.16. The lowest BCUT2D eigenvalue weighted by molar-refractivity contribution is -0.469. The lowest BCUT2D eigenvalue weighted by Crippen LogP contribution is -2.56. The van der Waals surface area contributed by atoms with Crippen molar-refractivity contribution < 1.29 is 19.4 Å². The zero-order valence-corrected chi connectivity index (χ0v) is 19.0. The fourth-order valence-electron chi connectivity index (χ4n) is 4.62. The highest BCUT2D eigenvalue weighted by molar-refractivity contribution is 5.82. The molecule has 32 heavy (non-hydrogen) atoms. The van der Waals surface area contributed by atoms with Crippen molar-refractivity contribution in [2.45, 2.75) is 38.8 Å². The monoisotopic (exact) mass is 441 g/mol. The van der Waals surface area contributed by atoms with Crippen molar-refractivity contribution in [3.63, 3.8) is 0 Å². The molecule has 172 valence electrons. The molecule has 4 rings (SSSR count). The summed E-state index contributed by atoms with van der Waals surface area (Å²) in [5, 5.41) is 3.24. The Bertz CT molecular complexity index is 1030. The second-order valence-corrected chi connectivity index (χ2v) is 8.87. The number of nitrogens with one attached hydrogen (secondary N) is 1. The van der Waals surface area contributed by atoms with Crippen LogP contribution in [0, 0.1) is 5.92 Å². The molecular weight excluding hydrogens is 408 g/mol. The average Bonchev–Trinajstić information content (AvgIpc) is 3.33. The number of nitrogens with zero attached hydrogens (tertiary/aromatic N) is 3. The summed E-state index contributed by atoms with van der Waals surface area (Å²) < 4.78 is 12.6. The normalized spacial score (nSPS) is 21.5. The van der Waals surface area contributed by atoms with Gasteiger partial charge in [0, 0.05) is 42.6 Å². The maximum absolute atomic E-state index is 12.7. The smallest absolute Gasteiger partial charge is 0.410 e. The van der Waals surface area contributed by atoms with Crippen LogP contribution in [0.5, 0.6) is 0 Å². The van der Waals surface area contributed by atoms with E-state index in [1.54, 1.807) is 6.08 Å². The summed E-state index contributed by atoms with van der Waals surface area (Å²) in [6.45, 7) is 6.12. The summed E-state index contributed by atoms with van der Waals surface area (Å²) in [5.74, 6) is 0.620. The van der Waals surface area contributed by atoms with Crippen molar-refractivity contribution in [2.75, 3.05) is 31.7 Å². The number of ether oxygens (including phenoxy) is 2. The van der Waals surface area contributed by atoms with Crippen molar-refractivity contribution in [1.29, 1.82) is 0 Å². The molecule has 9 heteroatoms. The van der Waals surface area contributed by atoms with Crippen LogP contribution in [0.4, 0.5) is 10.5 Å². The van der Waals surface area contributed by atoms with Crippen molar-refractivity contribution >= 4 is 22.9 Å². The molecule has 2 unspecified atom stereocenters. The van der Waals surface area contributed by atoms with Crippen LogP contribution >= 0.6 is 0 Å². The van der Waals surface area contributed by atoms with Crippen LogP contribution in [-0.4, -0.2) is 54.4 Å². The van der Waals surface area contributed by atoms with E-state index in [9.17, 15) is 4.79 Å². The fourth-order valence-corrected chi connectivity index (χ4v) is 4.62. The summed E-state index contributed by atoms with van der Waals surface area (Å²) in [6, 6.07) is 4.48. The van der Waals surface area contributed by atoms with Crippen LogP contribution in [0.15, 0.2) is 42.7 Å². The maximum atomic E-state index is 12.7. The van der Waals surface area contributed by atoms with Gasteiger partial charge in [-0.05, 0) is 24.8 Å². The molecule has 2 aromatic rings. The van der Waals surface area contributed by atoms with E-state index >= 15 is 0 Å². The molecule has 2 fully saturated rings. The number of allylic oxidation sites excluding steroid dienone is 2. The number of H-pyrrole nitrogens is 1. The van der Waals surface area contributed by atoms with Crippen LogP contribution in [0.1, 0.15) is 32.3 Å². The van der Waals surface area contributed by atoms with E-state index in [2.05, 4.69) is 22.1 Å². The molecule has 0 radical (unpaired) electrons. The van der Waals surface area contributed by atoms with E-state index in [0.29, 0.717) is 18.4 Å². The second kappa shape index (κ2) is 9.02. The summed E-state index contributed by atoms with van der Waals surface area (Å²) in [6.07, 6.45) is 8.94. The van der Waals surface area contributed by atoms with Gasteiger partial charge in [-0.2, -0.15) is 0 Å². The quantitative estimate of drug-likeness (QED) is 0.523. The summed E-state index contributed by atoms with van der Waals surface area (Å²) in [7, 11) is 1.52. The van der Waals surface area contributed by atoms with E-state index in [1.165, 1.54) is 13.3 Å². The molecule has 2 aromatic heterocycles. The number of piperazine rings is 1.